The van der Waals surface area contributed by atoms with E-state index in [9.17, 15) is 0 Å². The number of ether oxygens (including phenoxy) is 3. The first-order valence-electron chi connectivity index (χ1n) is 8.13. The molecule has 2 rings (SSSR count). The molecule has 0 aliphatic carbocycles. The van der Waals surface area contributed by atoms with Crippen LogP contribution in [0.25, 0.3) is 0 Å². The summed E-state index contributed by atoms with van der Waals surface area (Å²) in [4.78, 5) is 0. The first kappa shape index (κ1) is 19.7. The van der Waals surface area contributed by atoms with Crippen molar-refractivity contribution >= 4 is 23.5 Å². The van der Waals surface area contributed by atoms with Crippen LogP contribution < -0.4 is 20.2 Å². The number of nitrogens with one attached hydrogen (secondary N) is 2. The van der Waals surface area contributed by atoms with Crippen molar-refractivity contribution in [2.24, 2.45) is 5.10 Å². The van der Waals surface area contributed by atoms with Crippen LogP contribution in [0.15, 0.2) is 53.6 Å². The molecule has 0 spiro atoms. The minimum Gasteiger partial charge on any atom is -0.493 e. The predicted octanol–water partition coefficient (Wildman–Crippen LogP) is 2.72. The fourth-order valence-electron chi connectivity index (χ4n) is 2.09. The third-order valence-corrected chi connectivity index (χ3v) is 3.63. The van der Waals surface area contributed by atoms with Crippen LogP contribution in [-0.4, -0.2) is 38.7 Å². The number of hydrogen-bond acceptors (Lipinski definition) is 5. The molecule has 0 aliphatic heterocycles. The highest BCUT2D eigenvalue weighted by atomic mass is 32.1. The lowest BCUT2D eigenvalue weighted by molar-refractivity contribution is 0.204. The quantitative estimate of drug-likeness (QED) is 0.305. The molecule has 0 unspecified atom stereocenters. The monoisotopic (exact) mass is 373 g/mol. The van der Waals surface area contributed by atoms with Gasteiger partial charge in [-0.3, -0.25) is 5.43 Å². The normalized spacial score (nSPS) is 10.5. The highest BCUT2D eigenvalue weighted by molar-refractivity contribution is 7.80. The molecule has 0 aliphatic rings. The number of rotatable bonds is 9. The molecule has 0 fully saturated rings. The summed E-state index contributed by atoms with van der Waals surface area (Å²) in [6.45, 7) is 1.66. The van der Waals surface area contributed by atoms with Gasteiger partial charge in [0.15, 0.2) is 16.6 Å². The van der Waals surface area contributed by atoms with Crippen molar-refractivity contribution in [2.75, 3.05) is 27.4 Å². The van der Waals surface area contributed by atoms with E-state index >= 15 is 0 Å². The van der Waals surface area contributed by atoms with Gasteiger partial charge in [-0.2, -0.15) is 5.10 Å². The molecule has 0 saturated carbocycles. The Labute approximate surface area is 159 Å². The maximum absolute atomic E-state index is 5.89. The molecular weight excluding hydrogens is 350 g/mol. The largest absolute Gasteiger partial charge is 0.493 e. The van der Waals surface area contributed by atoms with E-state index in [1.54, 1.807) is 20.4 Å². The lowest BCUT2D eigenvalue weighted by Gasteiger charge is -2.11. The van der Waals surface area contributed by atoms with Gasteiger partial charge < -0.3 is 19.5 Å². The van der Waals surface area contributed by atoms with Crippen molar-refractivity contribution in [2.45, 2.75) is 6.61 Å². The zero-order chi connectivity index (χ0) is 18.6. The molecule has 26 heavy (non-hydrogen) atoms. The summed E-state index contributed by atoms with van der Waals surface area (Å²) in [6.07, 6.45) is 1.67. The van der Waals surface area contributed by atoms with E-state index in [-0.39, 0.29) is 0 Å². The second kappa shape index (κ2) is 11.1. The summed E-state index contributed by atoms with van der Waals surface area (Å²) in [5, 5.41) is 7.53. The van der Waals surface area contributed by atoms with Gasteiger partial charge in [-0.15, -0.1) is 0 Å². The molecule has 138 valence electrons. The van der Waals surface area contributed by atoms with E-state index in [1.165, 1.54) is 0 Å². The Bertz CT molecular complexity index is 723. The first-order valence-corrected chi connectivity index (χ1v) is 8.54. The Hall–Kier alpha value is -2.64. The van der Waals surface area contributed by atoms with Crippen LogP contribution in [0.2, 0.25) is 0 Å². The molecule has 0 aromatic heterocycles. The maximum atomic E-state index is 5.89. The molecule has 0 saturated heterocycles. The van der Waals surface area contributed by atoms with Crippen molar-refractivity contribution < 1.29 is 14.2 Å². The van der Waals surface area contributed by atoms with Gasteiger partial charge in [0.25, 0.3) is 0 Å². The Morgan fingerprint density at radius 3 is 2.65 bits per heavy atom. The lowest BCUT2D eigenvalue weighted by atomic mass is 10.2. The van der Waals surface area contributed by atoms with Crippen LogP contribution in [0.5, 0.6) is 11.5 Å². The van der Waals surface area contributed by atoms with Gasteiger partial charge in [-0.1, -0.05) is 30.3 Å². The summed E-state index contributed by atoms with van der Waals surface area (Å²) in [5.74, 6) is 1.32. The second-order valence-electron chi connectivity index (χ2n) is 5.30. The Morgan fingerprint density at radius 2 is 1.92 bits per heavy atom. The van der Waals surface area contributed by atoms with Crippen LogP contribution in [0.4, 0.5) is 0 Å². The summed E-state index contributed by atoms with van der Waals surface area (Å²) >= 11 is 5.11. The number of thiocarbonyl (C=S) groups is 1. The van der Waals surface area contributed by atoms with E-state index < -0.39 is 0 Å². The molecule has 0 atom stereocenters. The van der Waals surface area contributed by atoms with E-state index in [4.69, 9.17) is 26.4 Å². The maximum Gasteiger partial charge on any atom is 0.187 e. The minimum atomic E-state index is 0.437. The molecule has 2 aromatic rings. The molecule has 2 aromatic carbocycles. The zero-order valence-electron chi connectivity index (χ0n) is 14.9. The molecule has 0 heterocycles. The Morgan fingerprint density at radius 1 is 1.12 bits per heavy atom. The topological polar surface area (TPSA) is 64.1 Å². The summed E-state index contributed by atoms with van der Waals surface area (Å²) in [7, 11) is 3.25. The third-order valence-electron chi connectivity index (χ3n) is 3.40. The van der Waals surface area contributed by atoms with E-state index in [0.717, 1.165) is 11.1 Å². The number of hydrogen-bond donors (Lipinski definition) is 2. The standard InChI is InChI=1S/C19H23N3O3S/c1-23-11-10-20-19(26)22-21-13-16-8-9-17(24-2)18(12-16)25-14-15-6-4-3-5-7-15/h3-9,12-13H,10-11,14H2,1-2H3,(H2,20,22,26). The molecule has 0 bridgehead atoms. The van der Waals surface area contributed by atoms with Gasteiger partial charge in [0.2, 0.25) is 0 Å². The highest BCUT2D eigenvalue weighted by Crippen LogP contribution is 2.28. The van der Waals surface area contributed by atoms with Gasteiger partial charge >= 0.3 is 0 Å². The van der Waals surface area contributed by atoms with Gasteiger partial charge in [-0.25, -0.2) is 0 Å². The summed E-state index contributed by atoms with van der Waals surface area (Å²) in [5.41, 5.74) is 4.71. The van der Waals surface area contributed by atoms with Gasteiger partial charge in [-0.05, 0) is 41.5 Å². The number of benzene rings is 2. The molecule has 2 N–H and O–H groups in total. The highest BCUT2D eigenvalue weighted by Gasteiger charge is 2.05. The second-order valence-corrected chi connectivity index (χ2v) is 5.71. The smallest absolute Gasteiger partial charge is 0.187 e. The number of hydrazone groups is 1. The lowest BCUT2D eigenvalue weighted by Crippen LogP contribution is -2.34. The van der Waals surface area contributed by atoms with Gasteiger partial charge in [0.05, 0.1) is 19.9 Å². The van der Waals surface area contributed by atoms with Crippen LogP contribution in [0.3, 0.4) is 0 Å². The Balaban J connectivity index is 1.95. The summed E-state index contributed by atoms with van der Waals surface area (Å²) < 4.78 is 16.2. The predicted molar refractivity (Wildman–Crippen MR) is 107 cm³/mol. The summed E-state index contributed by atoms with van der Waals surface area (Å²) in [6, 6.07) is 15.6. The van der Waals surface area contributed by atoms with Crippen molar-refractivity contribution in [1.82, 2.24) is 10.7 Å². The van der Waals surface area contributed by atoms with E-state index in [0.29, 0.717) is 36.4 Å². The fourth-order valence-corrected chi connectivity index (χ4v) is 2.25. The van der Waals surface area contributed by atoms with Crippen molar-refractivity contribution in [3.63, 3.8) is 0 Å². The van der Waals surface area contributed by atoms with Crippen molar-refractivity contribution in [1.29, 1.82) is 0 Å². The van der Waals surface area contributed by atoms with E-state index in [2.05, 4.69) is 15.8 Å². The molecule has 0 amide bonds. The fraction of sp³-hybridized carbons (Fsp3) is 0.263. The molecular formula is C19H23N3O3S. The Kier molecular flexibility index (Phi) is 8.38. The average Bonchev–Trinajstić information content (AvgIpc) is 2.67. The number of nitrogens with zero attached hydrogens (tertiary/aromatic N) is 1. The molecule has 6 nitrogen and oxygen atoms in total. The molecule has 7 heteroatoms. The van der Waals surface area contributed by atoms with Crippen molar-refractivity contribution in [3.8, 4) is 11.5 Å². The van der Waals surface area contributed by atoms with Crippen LogP contribution in [-0.2, 0) is 11.3 Å². The van der Waals surface area contributed by atoms with Crippen LogP contribution in [0.1, 0.15) is 11.1 Å². The number of methoxy groups -OCH3 is 2. The van der Waals surface area contributed by atoms with Crippen LogP contribution >= 0.6 is 12.2 Å². The van der Waals surface area contributed by atoms with Gasteiger partial charge in [0, 0.05) is 13.7 Å². The van der Waals surface area contributed by atoms with Crippen LogP contribution in [0, 0.1) is 0 Å². The third kappa shape index (κ3) is 6.70. The SMILES string of the molecule is COCCNC(=S)NN=Cc1ccc(OC)c(OCc2ccccc2)c1. The average molecular weight is 373 g/mol. The first-order chi connectivity index (χ1) is 12.7. The van der Waals surface area contributed by atoms with E-state index in [1.807, 2.05) is 48.5 Å². The zero-order valence-corrected chi connectivity index (χ0v) is 15.7. The minimum absolute atomic E-state index is 0.437. The van der Waals surface area contributed by atoms with Crippen molar-refractivity contribution in [3.05, 3.63) is 59.7 Å². The molecule has 0 radical (unpaired) electrons. The van der Waals surface area contributed by atoms with Gasteiger partial charge in [0.1, 0.15) is 6.61 Å².